The average Bonchev–Trinajstić information content (AvgIpc) is 2.45. The van der Waals surface area contributed by atoms with Gasteiger partial charge >= 0.3 is 7.12 Å². The third kappa shape index (κ3) is 5.69. The summed E-state index contributed by atoms with van der Waals surface area (Å²) in [5.74, 6) is 0.792. The van der Waals surface area contributed by atoms with E-state index >= 15 is 0 Å². The van der Waals surface area contributed by atoms with Crippen LogP contribution in [0.25, 0.3) is 0 Å². The molecule has 0 atom stereocenters. The lowest BCUT2D eigenvalue weighted by molar-refractivity contribution is 0.206. The molecular formula is C16H28BNO3. The Morgan fingerprint density at radius 2 is 1.95 bits per heavy atom. The van der Waals surface area contributed by atoms with Crippen LogP contribution < -0.4 is 10.2 Å². The summed E-state index contributed by atoms with van der Waals surface area (Å²) in [5, 5.41) is 18.7. The van der Waals surface area contributed by atoms with Crippen LogP contribution in [-0.2, 0) is 6.54 Å². The molecule has 0 saturated heterocycles. The Balaban J connectivity index is 2.87. The third-order valence-electron chi connectivity index (χ3n) is 3.76. The molecule has 1 aromatic carbocycles. The SMILES string of the molecule is CCCCCN(Cc1cc(B(O)O)ccc1OC)C(C)C. The number of nitrogens with zero attached hydrogens (tertiary/aromatic N) is 1. The molecule has 0 aliphatic carbocycles. The lowest BCUT2D eigenvalue weighted by Crippen LogP contribution is -2.33. The van der Waals surface area contributed by atoms with Gasteiger partial charge in [-0.05, 0) is 38.3 Å². The summed E-state index contributed by atoms with van der Waals surface area (Å²) < 4.78 is 5.40. The minimum atomic E-state index is -1.44. The van der Waals surface area contributed by atoms with Gasteiger partial charge in [0, 0.05) is 18.2 Å². The van der Waals surface area contributed by atoms with Crippen molar-refractivity contribution in [2.75, 3.05) is 13.7 Å². The molecular weight excluding hydrogens is 265 g/mol. The van der Waals surface area contributed by atoms with Crippen LogP contribution in [0.3, 0.4) is 0 Å². The topological polar surface area (TPSA) is 52.9 Å². The molecule has 0 amide bonds. The number of unbranched alkanes of at least 4 members (excludes halogenated alkanes) is 2. The molecule has 0 aromatic heterocycles. The molecule has 1 aromatic rings. The molecule has 4 nitrogen and oxygen atoms in total. The first-order valence-electron chi connectivity index (χ1n) is 7.76. The number of benzene rings is 1. The van der Waals surface area contributed by atoms with E-state index in [-0.39, 0.29) is 0 Å². The van der Waals surface area contributed by atoms with Crippen LogP contribution in [0.4, 0.5) is 0 Å². The Bertz CT molecular complexity index is 424. The number of ether oxygens (including phenoxy) is 1. The van der Waals surface area contributed by atoms with Crippen LogP contribution in [0.5, 0.6) is 5.75 Å². The first-order valence-corrected chi connectivity index (χ1v) is 7.76. The van der Waals surface area contributed by atoms with Gasteiger partial charge in [-0.2, -0.15) is 0 Å². The van der Waals surface area contributed by atoms with Crippen LogP contribution in [0.15, 0.2) is 18.2 Å². The van der Waals surface area contributed by atoms with Gasteiger partial charge in [-0.15, -0.1) is 0 Å². The van der Waals surface area contributed by atoms with Gasteiger partial charge in [-0.1, -0.05) is 31.9 Å². The molecule has 2 N–H and O–H groups in total. The van der Waals surface area contributed by atoms with Gasteiger partial charge in [-0.25, -0.2) is 0 Å². The van der Waals surface area contributed by atoms with E-state index < -0.39 is 7.12 Å². The average molecular weight is 293 g/mol. The van der Waals surface area contributed by atoms with E-state index in [9.17, 15) is 10.0 Å². The molecule has 0 saturated carbocycles. The van der Waals surface area contributed by atoms with Gasteiger partial charge in [0.2, 0.25) is 0 Å². The monoisotopic (exact) mass is 293 g/mol. The molecule has 0 spiro atoms. The Morgan fingerprint density at radius 1 is 1.24 bits per heavy atom. The zero-order valence-electron chi connectivity index (χ0n) is 13.7. The quantitative estimate of drug-likeness (QED) is 0.538. The minimum Gasteiger partial charge on any atom is -0.496 e. The van der Waals surface area contributed by atoms with Crippen molar-refractivity contribution < 1.29 is 14.8 Å². The number of hydrogen-bond donors (Lipinski definition) is 2. The highest BCUT2D eigenvalue weighted by molar-refractivity contribution is 6.58. The molecule has 0 aliphatic rings. The van der Waals surface area contributed by atoms with E-state index in [0.717, 1.165) is 24.4 Å². The third-order valence-corrected chi connectivity index (χ3v) is 3.76. The van der Waals surface area contributed by atoms with Gasteiger partial charge in [-0.3, -0.25) is 4.90 Å². The lowest BCUT2D eigenvalue weighted by atomic mass is 9.79. The largest absolute Gasteiger partial charge is 0.496 e. The normalized spacial score (nSPS) is 11.2. The molecule has 0 aliphatic heterocycles. The summed E-state index contributed by atoms with van der Waals surface area (Å²) in [6.07, 6.45) is 3.62. The highest BCUT2D eigenvalue weighted by atomic mass is 16.5. The van der Waals surface area contributed by atoms with Crippen LogP contribution in [-0.4, -0.2) is 41.8 Å². The zero-order valence-corrected chi connectivity index (χ0v) is 13.7. The Morgan fingerprint density at radius 3 is 2.48 bits per heavy atom. The van der Waals surface area contributed by atoms with Crippen LogP contribution in [0.2, 0.25) is 0 Å². The first-order chi connectivity index (χ1) is 9.99. The Kier molecular flexibility index (Phi) is 7.79. The van der Waals surface area contributed by atoms with E-state index in [0.29, 0.717) is 11.5 Å². The summed E-state index contributed by atoms with van der Waals surface area (Å²) in [4.78, 5) is 2.39. The summed E-state index contributed by atoms with van der Waals surface area (Å²) >= 11 is 0. The summed E-state index contributed by atoms with van der Waals surface area (Å²) in [6, 6.07) is 5.74. The van der Waals surface area contributed by atoms with Crippen molar-refractivity contribution in [1.29, 1.82) is 0 Å². The molecule has 0 fully saturated rings. The number of rotatable bonds is 9. The smallest absolute Gasteiger partial charge is 0.488 e. The van der Waals surface area contributed by atoms with Crippen molar-refractivity contribution >= 4 is 12.6 Å². The summed E-state index contributed by atoms with van der Waals surface area (Å²) in [7, 11) is 0.201. The maximum absolute atomic E-state index is 9.33. The maximum Gasteiger partial charge on any atom is 0.488 e. The second-order valence-corrected chi connectivity index (χ2v) is 5.72. The van der Waals surface area contributed by atoms with Crippen molar-refractivity contribution in [2.24, 2.45) is 0 Å². The highest BCUT2D eigenvalue weighted by Crippen LogP contribution is 2.20. The van der Waals surface area contributed by atoms with Crippen molar-refractivity contribution in [3.8, 4) is 5.75 Å². The molecule has 1 rings (SSSR count). The van der Waals surface area contributed by atoms with E-state index in [1.165, 1.54) is 19.3 Å². The first kappa shape index (κ1) is 18.0. The number of methoxy groups -OCH3 is 1. The van der Waals surface area contributed by atoms with Crippen molar-refractivity contribution in [1.82, 2.24) is 4.90 Å². The van der Waals surface area contributed by atoms with Gasteiger partial charge in [0.15, 0.2) is 0 Å². The highest BCUT2D eigenvalue weighted by Gasteiger charge is 2.17. The molecule has 0 radical (unpaired) electrons. The van der Waals surface area contributed by atoms with E-state index in [1.807, 2.05) is 6.07 Å². The molecule has 21 heavy (non-hydrogen) atoms. The standard InChI is InChI=1S/C16H28BNO3/c1-5-6-7-10-18(13(2)3)12-14-11-15(17(19)20)8-9-16(14)21-4/h8-9,11,13,19-20H,5-7,10,12H2,1-4H3. The number of hydrogen-bond acceptors (Lipinski definition) is 4. The predicted molar refractivity (Wildman–Crippen MR) is 87.9 cm³/mol. The van der Waals surface area contributed by atoms with Crippen LogP contribution in [0, 0.1) is 0 Å². The van der Waals surface area contributed by atoms with Gasteiger partial charge in [0.05, 0.1) is 7.11 Å². The van der Waals surface area contributed by atoms with Gasteiger partial charge in [0.1, 0.15) is 5.75 Å². The summed E-state index contributed by atoms with van der Waals surface area (Å²) in [5.41, 5.74) is 1.50. The molecule has 0 heterocycles. The molecule has 118 valence electrons. The molecule has 0 bridgehead atoms. The fraction of sp³-hybridized carbons (Fsp3) is 0.625. The second kappa shape index (κ2) is 9.08. The van der Waals surface area contributed by atoms with Crippen molar-refractivity contribution in [3.05, 3.63) is 23.8 Å². The maximum atomic E-state index is 9.33. The predicted octanol–water partition coefficient (Wildman–Crippen LogP) is 1.78. The van der Waals surface area contributed by atoms with E-state index in [1.54, 1.807) is 19.2 Å². The van der Waals surface area contributed by atoms with Crippen LogP contribution >= 0.6 is 0 Å². The Labute approximate surface area is 128 Å². The zero-order chi connectivity index (χ0) is 15.8. The van der Waals surface area contributed by atoms with Crippen LogP contribution in [0.1, 0.15) is 45.6 Å². The molecule has 5 heteroatoms. The van der Waals surface area contributed by atoms with Gasteiger partial charge < -0.3 is 14.8 Å². The van der Waals surface area contributed by atoms with Crippen molar-refractivity contribution in [3.63, 3.8) is 0 Å². The molecule has 0 unspecified atom stereocenters. The fourth-order valence-corrected chi connectivity index (χ4v) is 2.39. The minimum absolute atomic E-state index is 0.439. The summed E-state index contributed by atoms with van der Waals surface area (Å²) in [6.45, 7) is 8.37. The van der Waals surface area contributed by atoms with Crippen molar-refractivity contribution in [2.45, 2.75) is 52.6 Å². The van der Waals surface area contributed by atoms with Gasteiger partial charge in [0.25, 0.3) is 0 Å². The van der Waals surface area contributed by atoms with E-state index in [2.05, 4.69) is 25.7 Å². The van der Waals surface area contributed by atoms with E-state index in [4.69, 9.17) is 4.74 Å². The second-order valence-electron chi connectivity index (χ2n) is 5.72. The Hall–Kier alpha value is -1.04. The fourth-order valence-electron chi connectivity index (χ4n) is 2.39. The lowest BCUT2D eigenvalue weighted by Gasteiger charge is -2.27.